The Labute approximate surface area is 122 Å². The first-order valence-electron chi connectivity index (χ1n) is 6.59. The lowest BCUT2D eigenvalue weighted by molar-refractivity contribution is -0.384. The number of non-ortho nitro benzene ring substituents is 1. The first-order chi connectivity index (χ1) is 9.41. The number of carbonyl (C=O) groups is 1. The maximum Gasteiger partial charge on any atom is 0.270 e. The molecule has 6 heteroatoms. The molecule has 1 saturated heterocycles. The summed E-state index contributed by atoms with van der Waals surface area (Å²) in [5.41, 5.74) is 1.18. The van der Waals surface area contributed by atoms with E-state index in [1.807, 2.05) is 30.5 Å². The molecular weight excluding hydrogens is 276 g/mol. The minimum atomic E-state index is -0.464. The zero-order valence-corrected chi connectivity index (χ0v) is 12.6. The predicted molar refractivity (Wildman–Crippen MR) is 80.3 cm³/mol. The number of nitro benzene ring substituents is 1. The second-order valence-corrected chi connectivity index (χ2v) is 6.56. The number of hydrogen-bond donors (Lipinski definition) is 0. The van der Waals surface area contributed by atoms with Crippen molar-refractivity contribution < 1.29 is 9.72 Å². The quantitative estimate of drug-likeness (QED) is 0.621. The summed E-state index contributed by atoms with van der Waals surface area (Å²) in [4.78, 5) is 24.9. The first-order valence-corrected chi connectivity index (χ1v) is 7.64. The normalized spacial score (nSPS) is 22.6. The highest BCUT2D eigenvalue weighted by Crippen LogP contribution is 2.27. The first kappa shape index (κ1) is 14.8. The maximum absolute atomic E-state index is 12.6. The Kier molecular flexibility index (Phi) is 4.32. The van der Waals surface area contributed by atoms with Crippen molar-refractivity contribution in [1.29, 1.82) is 0 Å². The van der Waals surface area contributed by atoms with Gasteiger partial charge in [-0.25, -0.2) is 0 Å². The fourth-order valence-corrected chi connectivity index (χ4v) is 3.43. The van der Waals surface area contributed by atoms with Gasteiger partial charge >= 0.3 is 0 Å². The Bertz CT molecular complexity index is 547. The molecule has 2 atom stereocenters. The highest BCUT2D eigenvalue weighted by Gasteiger charge is 2.30. The van der Waals surface area contributed by atoms with Crippen LogP contribution < -0.4 is 0 Å². The average molecular weight is 294 g/mol. The van der Waals surface area contributed by atoms with Crippen LogP contribution in [0.2, 0.25) is 0 Å². The van der Waals surface area contributed by atoms with Gasteiger partial charge in [-0.15, -0.1) is 0 Å². The van der Waals surface area contributed by atoms with Crippen molar-refractivity contribution in [3.63, 3.8) is 0 Å². The number of carbonyl (C=O) groups excluding carboxylic acids is 1. The van der Waals surface area contributed by atoms with Gasteiger partial charge in [0.25, 0.3) is 11.6 Å². The fourth-order valence-electron chi connectivity index (χ4n) is 2.33. The summed E-state index contributed by atoms with van der Waals surface area (Å²) in [5.74, 6) is 0.802. The highest BCUT2D eigenvalue weighted by atomic mass is 32.2. The second kappa shape index (κ2) is 5.83. The molecule has 5 nitrogen and oxygen atoms in total. The lowest BCUT2D eigenvalue weighted by Gasteiger charge is -2.37. The maximum atomic E-state index is 12.6. The molecule has 0 saturated carbocycles. The number of aryl methyl sites for hydroxylation is 1. The van der Waals surface area contributed by atoms with Gasteiger partial charge in [0.1, 0.15) is 0 Å². The molecule has 1 amide bonds. The summed E-state index contributed by atoms with van der Waals surface area (Å²) in [6.07, 6.45) is 0. The van der Waals surface area contributed by atoms with Crippen molar-refractivity contribution in [3.05, 3.63) is 39.4 Å². The van der Waals surface area contributed by atoms with Crippen molar-refractivity contribution >= 4 is 23.4 Å². The minimum Gasteiger partial charge on any atom is -0.334 e. The number of benzene rings is 1. The number of hydrogen-bond acceptors (Lipinski definition) is 4. The van der Waals surface area contributed by atoms with Gasteiger partial charge in [0.15, 0.2) is 0 Å². The molecule has 1 aromatic rings. The SMILES string of the molecule is Cc1ccc([N+](=O)[O-])cc1C(=O)N1CCS[C@H](C)[C@H]1C. The van der Waals surface area contributed by atoms with Crippen LogP contribution in [0.1, 0.15) is 29.8 Å². The molecule has 0 aromatic heterocycles. The molecule has 0 bridgehead atoms. The van der Waals surface area contributed by atoms with E-state index in [9.17, 15) is 14.9 Å². The molecule has 2 rings (SSSR count). The third kappa shape index (κ3) is 2.80. The molecule has 1 aromatic carbocycles. The van der Waals surface area contributed by atoms with Crippen LogP contribution in [0.5, 0.6) is 0 Å². The van der Waals surface area contributed by atoms with E-state index in [4.69, 9.17) is 0 Å². The summed E-state index contributed by atoms with van der Waals surface area (Å²) in [6.45, 7) is 6.64. The van der Waals surface area contributed by atoms with Gasteiger partial charge in [-0.1, -0.05) is 13.0 Å². The lowest BCUT2D eigenvalue weighted by Crippen LogP contribution is -2.48. The van der Waals surface area contributed by atoms with E-state index in [1.54, 1.807) is 6.07 Å². The number of nitrogens with zero attached hydrogens (tertiary/aromatic N) is 2. The van der Waals surface area contributed by atoms with E-state index in [0.717, 1.165) is 11.3 Å². The molecule has 0 unspecified atom stereocenters. The van der Waals surface area contributed by atoms with E-state index in [0.29, 0.717) is 17.4 Å². The van der Waals surface area contributed by atoms with Crippen LogP contribution in [0.15, 0.2) is 18.2 Å². The van der Waals surface area contributed by atoms with Crippen molar-refractivity contribution in [2.24, 2.45) is 0 Å². The van der Waals surface area contributed by atoms with E-state index in [-0.39, 0.29) is 17.6 Å². The molecule has 0 aliphatic carbocycles. The van der Waals surface area contributed by atoms with Gasteiger partial charge in [0.05, 0.1) is 4.92 Å². The Morgan fingerprint density at radius 1 is 1.45 bits per heavy atom. The summed E-state index contributed by atoms with van der Waals surface area (Å²) in [5, 5.41) is 11.2. The van der Waals surface area contributed by atoms with E-state index in [2.05, 4.69) is 6.92 Å². The monoisotopic (exact) mass is 294 g/mol. The largest absolute Gasteiger partial charge is 0.334 e. The Balaban J connectivity index is 2.33. The number of nitro groups is 1. The van der Waals surface area contributed by atoms with Crippen LogP contribution in [-0.4, -0.2) is 39.3 Å². The minimum absolute atomic E-state index is 0.0361. The topological polar surface area (TPSA) is 63.5 Å². The third-order valence-corrected chi connectivity index (χ3v) is 5.15. The molecule has 1 heterocycles. The molecular formula is C14H18N2O3S. The van der Waals surface area contributed by atoms with Gasteiger partial charge in [-0.05, 0) is 19.4 Å². The van der Waals surface area contributed by atoms with Crippen LogP contribution in [-0.2, 0) is 0 Å². The second-order valence-electron chi connectivity index (χ2n) is 5.07. The highest BCUT2D eigenvalue weighted by molar-refractivity contribution is 8.00. The molecule has 0 N–H and O–H groups in total. The van der Waals surface area contributed by atoms with Gasteiger partial charge in [-0.2, -0.15) is 11.8 Å². The molecule has 0 radical (unpaired) electrons. The van der Waals surface area contributed by atoms with Crippen molar-refractivity contribution in [1.82, 2.24) is 4.90 Å². The Morgan fingerprint density at radius 3 is 2.80 bits per heavy atom. The number of amides is 1. The molecule has 108 valence electrons. The fraction of sp³-hybridized carbons (Fsp3) is 0.500. The van der Waals surface area contributed by atoms with Gasteiger partial charge in [0.2, 0.25) is 0 Å². The summed E-state index contributed by atoms with van der Waals surface area (Å²) < 4.78 is 0. The van der Waals surface area contributed by atoms with Crippen LogP contribution in [0.3, 0.4) is 0 Å². The molecule has 1 aliphatic heterocycles. The Morgan fingerprint density at radius 2 is 2.15 bits per heavy atom. The summed E-state index contributed by atoms with van der Waals surface area (Å²) >= 11 is 1.85. The predicted octanol–water partition coefficient (Wildman–Crippen LogP) is 2.87. The molecule has 0 spiro atoms. The van der Waals surface area contributed by atoms with E-state index in [1.165, 1.54) is 12.1 Å². The van der Waals surface area contributed by atoms with Gasteiger partial charge in [-0.3, -0.25) is 14.9 Å². The summed E-state index contributed by atoms with van der Waals surface area (Å²) in [6, 6.07) is 4.60. The molecule has 20 heavy (non-hydrogen) atoms. The number of rotatable bonds is 2. The van der Waals surface area contributed by atoms with Gasteiger partial charge < -0.3 is 4.90 Å². The third-order valence-electron chi connectivity index (χ3n) is 3.81. The van der Waals surface area contributed by atoms with E-state index < -0.39 is 4.92 Å². The van der Waals surface area contributed by atoms with Crippen molar-refractivity contribution in [2.75, 3.05) is 12.3 Å². The van der Waals surface area contributed by atoms with Crippen molar-refractivity contribution in [3.8, 4) is 0 Å². The van der Waals surface area contributed by atoms with E-state index >= 15 is 0 Å². The molecule has 1 aliphatic rings. The summed E-state index contributed by atoms with van der Waals surface area (Å²) in [7, 11) is 0. The van der Waals surface area contributed by atoms with Crippen LogP contribution in [0.25, 0.3) is 0 Å². The number of thioether (sulfide) groups is 1. The van der Waals surface area contributed by atoms with Crippen LogP contribution >= 0.6 is 11.8 Å². The van der Waals surface area contributed by atoms with Crippen molar-refractivity contribution in [2.45, 2.75) is 32.1 Å². The standard InChI is InChI=1S/C14H18N2O3S/c1-9-4-5-12(16(18)19)8-13(9)14(17)15-6-7-20-11(3)10(15)2/h4-5,8,10-11H,6-7H2,1-3H3/t10-,11-/m1/s1. The Hall–Kier alpha value is -1.56. The molecule has 1 fully saturated rings. The average Bonchev–Trinajstić information content (AvgIpc) is 2.41. The lowest BCUT2D eigenvalue weighted by atomic mass is 10.0. The zero-order chi connectivity index (χ0) is 14.9. The zero-order valence-electron chi connectivity index (χ0n) is 11.8. The smallest absolute Gasteiger partial charge is 0.270 e. The van der Waals surface area contributed by atoms with Crippen LogP contribution in [0, 0.1) is 17.0 Å². The van der Waals surface area contributed by atoms with Gasteiger partial charge in [0, 0.05) is 41.3 Å². The van der Waals surface area contributed by atoms with Crippen LogP contribution in [0.4, 0.5) is 5.69 Å².